The Hall–Kier alpha value is -2.45. The minimum absolute atomic E-state index is 0.137. The Morgan fingerprint density at radius 2 is 1.81 bits per heavy atom. The molecule has 0 aliphatic heterocycles. The summed E-state index contributed by atoms with van der Waals surface area (Å²) in [5.74, 6) is -1.40. The van der Waals surface area contributed by atoms with Gasteiger partial charge in [0.1, 0.15) is 6.10 Å². The molecule has 0 heterocycles. The number of Topliss-reactive ketones (excluding diaryl/α,β-unsaturated/α-hetero) is 1. The summed E-state index contributed by atoms with van der Waals surface area (Å²) in [6.07, 6.45) is 9.27. The molecule has 0 bridgehead atoms. The zero-order valence-corrected chi connectivity index (χ0v) is 27.2. The van der Waals surface area contributed by atoms with E-state index in [1.54, 1.807) is 14.0 Å². The largest absolute Gasteiger partial charge is 0.462 e. The number of carbonyl (C=O) groups excluding carboxylic acids is 3. The van der Waals surface area contributed by atoms with Crippen LogP contribution in [0, 0.1) is 51.2 Å². The standard InChI is InChI=1S/C35H51NO7/c1-19(17-37)20(2)30(40)31(43-24(6)39)22(4)29-27(42-23(5)38)16-33(8)28-11-10-25-21(3)26(36-41-9)12-13-34(25)18-35(28,34)15-14-32(29,33)7/h12-13,19,22,25,27-29,31,36-37H,2,10-11,14-18H2,1,3-9H3/t19-,22-,25-,27-,28-,29-,31+,32+,33-,34+,35-/m0/s1. The van der Waals surface area contributed by atoms with Gasteiger partial charge in [0.15, 0.2) is 11.9 Å². The van der Waals surface area contributed by atoms with Crippen LogP contribution in [-0.2, 0) is 28.7 Å². The topological polar surface area (TPSA) is 111 Å². The van der Waals surface area contributed by atoms with E-state index < -0.39 is 30.0 Å². The Labute approximate surface area is 256 Å². The maximum atomic E-state index is 13.8. The van der Waals surface area contributed by atoms with Crippen LogP contribution < -0.4 is 5.48 Å². The molecule has 5 rings (SSSR count). The third-order valence-corrected chi connectivity index (χ3v) is 13.2. The van der Waals surface area contributed by atoms with Crippen molar-refractivity contribution in [2.45, 2.75) is 99.2 Å². The monoisotopic (exact) mass is 597 g/mol. The van der Waals surface area contributed by atoms with Gasteiger partial charge in [0, 0.05) is 43.6 Å². The van der Waals surface area contributed by atoms with Crippen LogP contribution in [0.1, 0.15) is 87.0 Å². The van der Waals surface area contributed by atoms with Gasteiger partial charge in [-0.1, -0.05) is 40.3 Å². The molecule has 0 aromatic rings. The van der Waals surface area contributed by atoms with E-state index in [1.165, 1.54) is 25.8 Å². The molecule has 2 spiro atoms. The summed E-state index contributed by atoms with van der Waals surface area (Å²) in [6.45, 7) is 17.2. The molecule has 11 atom stereocenters. The summed E-state index contributed by atoms with van der Waals surface area (Å²) in [5.41, 5.74) is 5.68. The van der Waals surface area contributed by atoms with Gasteiger partial charge >= 0.3 is 11.9 Å². The number of fused-ring (bicyclic) bond motifs is 2. The van der Waals surface area contributed by atoms with Gasteiger partial charge in [-0.15, -0.1) is 0 Å². The first kappa shape index (κ1) is 32.0. The van der Waals surface area contributed by atoms with E-state index in [2.05, 4.69) is 45.0 Å². The van der Waals surface area contributed by atoms with E-state index >= 15 is 0 Å². The van der Waals surface area contributed by atoms with Crippen molar-refractivity contribution in [3.05, 3.63) is 35.6 Å². The van der Waals surface area contributed by atoms with Gasteiger partial charge in [0.2, 0.25) is 0 Å². The van der Waals surface area contributed by atoms with E-state index in [1.807, 2.05) is 6.92 Å². The average molecular weight is 598 g/mol. The van der Waals surface area contributed by atoms with Crippen molar-refractivity contribution >= 4 is 17.7 Å². The number of aliphatic hydroxyl groups excluding tert-OH is 1. The lowest BCUT2D eigenvalue weighted by molar-refractivity contribution is -0.166. The van der Waals surface area contributed by atoms with Crippen LogP contribution in [0.5, 0.6) is 0 Å². The van der Waals surface area contributed by atoms with Crippen LogP contribution in [0.15, 0.2) is 35.6 Å². The van der Waals surface area contributed by atoms with Gasteiger partial charge < -0.3 is 14.6 Å². The fourth-order valence-electron chi connectivity index (χ4n) is 11.0. The molecule has 238 valence electrons. The molecule has 5 aliphatic rings. The number of hydrogen-bond acceptors (Lipinski definition) is 8. The molecule has 2 N–H and O–H groups in total. The van der Waals surface area contributed by atoms with Gasteiger partial charge in [-0.25, -0.2) is 0 Å². The maximum Gasteiger partial charge on any atom is 0.303 e. The van der Waals surface area contributed by atoms with Crippen LogP contribution in [-0.4, -0.2) is 48.8 Å². The van der Waals surface area contributed by atoms with Crippen molar-refractivity contribution in [3.63, 3.8) is 0 Å². The Morgan fingerprint density at radius 3 is 2.42 bits per heavy atom. The van der Waals surface area contributed by atoms with Gasteiger partial charge in [-0.3, -0.25) is 24.7 Å². The van der Waals surface area contributed by atoms with Crippen molar-refractivity contribution in [1.82, 2.24) is 5.48 Å². The van der Waals surface area contributed by atoms with Crippen molar-refractivity contribution in [2.24, 2.45) is 51.2 Å². The number of ether oxygens (including phenoxy) is 2. The van der Waals surface area contributed by atoms with Crippen LogP contribution in [0.25, 0.3) is 0 Å². The van der Waals surface area contributed by atoms with Crippen LogP contribution in [0.2, 0.25) is 0 Å². The lowest BCUT2D eigenvalue weighted by atomic mass is 9.43. The normalized spacial score (nSPS) is 41.0. The molecule has 5 aliphatic carbocycles. The molecule has 43 heavy (non-hydrogen) atoms. The number of esters is 2. The second-order valence-electron chi connectivity index (χ2n) is 14.9. The van der Waals surface area contributed by atoms with E-state index in [9.17, 15) is 19.5 Å². The average Bonchev–Trinajstić information content (AvgIpc) is 3.55. The number of hydroxylamine groups is 1. The smallest absolute Gasteiger partial charge is 0.303 e. The molecule has 4 fully saturated rings. The van der Waals surface area contributed by atoms with Crippen LogP contribution in [0.3, 0.4) is 0 Å². The quantitative estimate of drug-likeness (QED) is 0.194. The second-order valence-corrected chi connectivity index (χ2v) is 14.9. The summed E-state index contributed by atoms with van der Waals surface area (Å²) in [4.78, 5) is 43.9. The van der Waals surface area contributed by atoms with Crippen LogP contribution >= 0.6 is 0 Å². The zero-order valence-electron chi connectivity index (χ0n) is 27.2. The minimum Gasteiger partial charge on any atom is -0.462 e. The number of hydrogen-bond donors (Lipinski definition) is 2. The molecular weight excluding hydrogens is 546 g/mol. The van der Waals surface area contributed by atoms with Gasteiger partial charge in [0.25, 0.3) is 0 Å². The molecule has 0 aromatic carbocycles. The summed E-state index contributed by atoms with van der Waals surface area (Å²) in [5, 5.41) is 9.72. The predicted octanol–water partition coefficient (Wildman–Crippen LogP) is 5.46. The van der Waals surface area contributed by atoms with Crippen molar-refractivity contribution in [2.75, 3.05) is 13.7 Å². The molecule has 0 amide bonds. The highest BCUT2D eigenvalue weighted by Crippen LogP contribution is 2.87. The Bertz CT molecular complexity index is 1270. The number of ketones is 1. The first-order chi connectivity index (χ1) is 20.1. The third-order valence-electron chi connectivity index (χ3n) is 13.2. The second kappa shape index (κ2) is 10.9. The summed E-state index contributed by atoms with van der Waals surface area (Å²) < 4.78 is 11.9. The molecular formula is C35H51NO7. The fraction of sp³-hybridized carbons (Fsp3) is 0.743. The number of rotatable bonds is 10. The van der Waals surface area contributed by atoms with E-state index in [0.717, 1.165) is 37.8 Å². The lowest BCUT2D eigenvalue weighted by Crippen LogP contribution is -2.55. The highest BCUT2D eigenvalue weighted by Gasteiger charge is 2.81. The molecule has 0 radical (unpaired) electrons. The van der Waals surface area contributed by atoms with Crippen LogP contribution in [0.4, 0.5) is 0 Å². The molecule has 8 nitrogen and oxygen atoms in total. The highest BCUT2D eigenvalue weighted by atomic mass is 16.6. The number of carbonyl (C=O) groups is 3. The van der Waals surface area contributed by atoms with Gasteiger partial charge in [-0.2, -0.15) is 0 Å². The maximum absolute atomic E-state index is 13.8. The molecule has 0 aromatic heterocycles. The predicted molar refractivity (Wildman–Crippen MR) is 162 cm³/mol. The number of aliphatic hydroxyl groups is 1. The lowest BCUT2D eigenvalue weighted by Gasteiger charge is -2.60. The first-order valence-corrected chi connectivity index (χ1v) is 16.0. The van der Waals surface area contributed by atoms with Crippen molar-refractivity contribution in [3.8, 4) is 0 Å². The first-order valence-electron chi connectivity index (χ1n) is 16.0. The number of nitrogens with one attached hydrogen (secondary N) is 1. The van der Waals surface area contributed by atoms with Crippen molar-refractivity contribution in [1.29, 1.82) is 0 Å². The van der Waals surface area contributed by atoms with Gasteiger partial charge in [-0.05, 0) is 90.8 Å². The molecule has 0 saturated heterocycles. The Kier molecular flexibility index (Phi) is 8.08. The van der Waals surface area contributed by atoms with Gasteiger partial charge in [0.05, 0.1) is 12.8 Å². The third kappa shape index (κ3) is 4.48. The molecule has 0 unspecified atom stereocenters. The number of allylic oxidation sites excluding steroid dienone is 3. The minimum atomic E-state index is -1.07. The zero-order chi connectivity index (χ0) is 31.7. The van der Waals surface area contributed by atoms with E-state index in [-0.39, 0.29) is 51.5 Å². The summed E-state index contributed by atoms with van der Waals surface area (Å²) in [6, 6.07) is 0. The molecule has 8 heteroatoms. The summed E-state index contributed by atoms with van der Waals surface area (Å²) in [7, 11) is 1.65. The van der Waals surface area contributed by atoms with Crippen molar-refractivity contribution < 1.29 is 33.8 Å². The highest BCUT2D eigenvalue weighted by molar-refractivity contribution is 5.99. The van der Waals surface area contributed by atoms with E-state index in [0.29, 0.717) is 11.8 Å². The Morgan fingerprint density at radius 1 is 1.12 bits per heavy atom. The molecule has 4 saturated carbocycles. The fourth-order valence-corrected chi connectivity index (χ4v) is 11.0. The SMILES string of the molecule is C=C(C(=O)[C@H](OC(C)=O)[C@@H](C)[C@H]1[C@@H](OC(C)=O)C[C@@]2(C)[C@@H]3CC[C@H]4C(C)=C(NOC)C=C[C@@]45C[C@@]35CC[C@]12C)[C@@H](C)CO. The Balaban J connectivity index is 1.52. The van der Waals surface area contributed by atoms with E-state index in [4.69, 9.17) is 14.3 Å². The summed E-state index contributed by atoms with van der Waals surface area (Å²) >= 11 is 0.